The zero-order valence-corrected chi connectivity index (χ0v) is 17.0. The van der Waals surface area contributed by atoms with E-state index in [0.29, 0.717) is 17.2 Å². The first-order chi connectivity index (χ1) is 12.8. The minimum atomic E-state index is -0.368. The smallest absolute Gasteiger partial charge is 0.144 e. The molecule has 3 atom stereocenters. The van der Waals surface area contributed by atoms with Crippen molar-refractivity contribution in [3.05, 3.63) is 59.2 Å². The zero-order valence-electron chi connectivity index (χ0n) is 17.0. The lowest BCUT2D eigenvalue weighted by Gasteiger charge is -2.45. The van der Waals surface area contributed by atoms with Gasteiger partial charge in [-0.3, -0.25) is 4.79 Å². The highest BCUT2D eigenvalue weighted by atomic mass is 16.5. The second-order valence-corrected chi connectivity index (χ2v) is 8.43. The number of ketones is 1. The van der Waals surface area contributed by atoms with Gasteiger partial charge in [-0.2, -0.15) is 0 Å². The number of carbonyl (C=O) groups excluding carboxylic acids is 1. The van der Waals surface area contributed by atoms with E-state index in [-0.39, 0.29) is 28.8 Å². The lowest BCUT2D eigenvalue weighted by Crippen LogP contribution is -2.44. The number of carbonyl (C=O) groups is 1. The summed E-state index contributed by atoms with van der Waals surface area (Å²) in [5.41, 5.74) is 2.72. The van der Waals surface area contributed by atoms with Crippen LogP contribution in [0.4, 0.5) is 0 Å². The van der Waals surface area contributed by atoms with Gasteiger partial charge in [0, 0.05) is 23.0 Å². The fourth-order valence-electron chi connectivity index (χ4n) is 4.57. The van der Waals surface area contributed by atoms with Gasteiger partial charge >= 0.3 is 0 Å². The lowest BCUT2D eigenvalue weighted by molar-refractivity contribution is -0.130. The molecule has 0 spiro atoms. The molecule has 0 aliphatic heterocycles. The molecule has 0 aromatic heterocycles. The van der Waals surface area contributed by atoms with Gasteiger partial charge in [-0.05, 0) is 37.3 Å². The molecule has 3 rings (SSSR count). The highest BCUT2D eigenvalue weighted by molar-refractivity contribution is 5.91. The van der Waals surface area contributed by atoms with E-state index in [9.17, 15) is 9.90 Å². The van der Waals surface area contributed by atoms with E-state index in [0.717, 1.165) is 18.4 Å². The highest BCUT2D eigenvalue weighted by Crippen LogP contribution is 2.52. The van der Waals surface area contributed by atoms with Crippen molar-refractivity contribution in [1.82, 2.24) is 0 Å². The van der Waals surface area contributed by atoms with E-state index >= 15 is 0 Å². The van der Waals surface area contributed by atoms with Crippen molar-refractivity contribution in [2.75, 3.05) is 7.11 Å². The largest absolute Gasteiger partial charge is 0.508 e. The van der Waals surface area contributed by atoms with Crippen molar-refractivity contribution >= 4 is 5.78 Å². The molecule has 3 heteroatoms. The van der Waals surface area contributed by atoms with Gasteiger partial charge in [0.1, 0.15) is 17.3 Å². The first-order valence-electron chi connectivity index (χ1n) is 9.75. The average Bonchev–Trinajstić information content (AvgIpc) is 2.63. The van der Waals surface area contributed by atoms with E-state index in [1.807, 2.05) is 12.1 Å². The van der Waals surface area contributed by atoms with Crippen LogP contribution in [0.5, 0.6) is 11.5 Å². The van der Waals surface area contributed by atoms with Crippen LogP contribution in [0, 0.1) is 18.8 Å². The number of methoxy groups -OCH3 is 1. The topological polar surface area (TPSA) is 46.5 Å². The number of aromatic hydroxyl groups is 1. The summed E-state index contributed by atoms with van der Waals surface area (Å²) >= 11 is 0. The molecule has 0 saturated heterocycles. The second kappa shape index (κ2) is 7.38. The third-order valence-electron chi connectivity index (χ3n) is 6.33. The van der Waals surface area contributed by atoms with Crippen molar-refractivity contribution in [3.63, 3.8) is 0 Å². The van der Waals surface area contributed by atoms with Crippen molar-refractivity contribution in [1.29, 1.82) is 0 Å². The van der Waals surface area contributed by atoms with Crippen molar-refractivity contribution in [2.24, 2.45) is 11.8 Å². The molecule has 3 nitrogen and oxygen atoms in total. The van der Waals surface area contributed by atoms with Crippen LogP contribution < -0.4 is 4.74 Å². The maximum atomic E-state index is 13.6. The van der Waals surface area contributed by atoms with Gasteiger partial charge in [0.2, 0.25) is 0 Å². The molecule has 1 N–H and O–H groups in total. The number of rotatable bonds is 4. The standard InChI is InChI=1S/C24H30O3/c1-15(2)19-12-13-24(4,17-8-6-16(3)7-9-17)22(23(19)26)20-11-10-18(27-5)14-21(20)25/h6-11,14-15,19,22,25H,12-13H2,1-5H3. The monoisotopic (exact) mass is 366 g/mol. The molecule has 0 bridgehead atoms. The Labute approximate surface area is 162 Å². The summed E-state index contributed by atoms with van der Waals surface area (Å²) in [5, 5.41) is 10.7. The Morgan fingerprint density at radius 2 is 1.81 bits per heavy atom. The Hall–Kier alpha value is -2.29. The molecule has 0 heterocycles. The van der Waals surface area contributed by atoms with Crippen molar-refractivity contribution in [2.45, 2.75) is 51.9 Å². The van der Waals surface area contributed by atoms with E-state index in [2.05, 4.69) is 52.0 Å². The van der Waals surface area contributed by atoms with Gasteiger partial charge in [-0.25, -0.2) is 0 Å². The minimum absolute atomic E-state index is 0.0232. The molecular weight excluding hydrogens is 336 g/mol. The molecule has 0 amide bonds. The van der Waals surface area contributed by atoms with Gasteiger partial charge in [0.25, 0.3) is 0 Å². The first kappa shape index (κ1) is 19.5. The molecular formula is C24H30O3. The number of hydrogen-bond donors (Lipinski definition) is 1. The molecule has 2 aromatic carbocycles. The number of ether oxygens (including phenoxy) is 1. The van der Waals surface area contributed by atoms with Crippen LogP contribution in [0.15, 0.2) is 42.5 Å². The maximum Gasteiger partial charge on any atom is 0.144 e. The van der Waals surface area contributed by atoms with E-state index in [1.165, 1.54) is 5.56 Å². The van der Waals surface area contributed by atoms with Crippen LogP contribution in [0.3, 0.4) is 0 Å². The second-order valence-electron chi connectivity index (χ2n) is 8.43. The third kappa shape index (κ3) is 3.47. The fourth-order valence-corrected chi connectivity index (χ4v) is 4.57. The molecule has 144 valence electrons. The van der Waals surface area contributed by atoms with Crippen LogP contribution in [0.25, 0.3) is 0 Å². The summed E-state index contributed by atoms with van der Waals surface area (Å²) in [6, 6.07) is 13.8. The van der Waals surface area contributed by atoms with Crippen LogP contribution in [0.1, 0.15) is 56.2 Å². The summed E-state index contributed by atoms with van der Waals surface area (Å²) < 4.78 is 5.23. The number of Topliss-reactive ketones (excluding diaryl/α,β-unsaturated/α-hetero) is 1. The molecule has 3 unspecified atom stereocenters. The van der Waals surface area contributed by atoms with Crippen LogP contribution in [-0.2, 0) is 10.2 Å². The van der Waals surface area contributed by atoms with Crippen LogP contribution in [-0.4, -0.2) is 18.0 Å². The molecule has 1 saturated carbocycles. The highest BCUT2D eigenvalue weighted by Gasteiger charge is 2.49. The van der Waals surface area contributed by atoms with Crippen molar-refractivity contribution < 1.29 is 14.6 Å². The molecule has 0 radical (unpaired) electrons. The predicted octanol–water partition coefficient (Wildman–Crippen LogP) is 5.39. The number of phenolic OH excluding ortho intramolecular Hbond substituents is 1. The Morgan fingerprint density at radius 3 is 2.37 bits per heavy atom. The quantitative estimate of drug-likeness (QED) is 0.789. The predicted molar refractivity (Wildman–Crippen MR) is 108 cm³/mol. The normalized spacial score (nSPS) is 25.6. The SMILES string of the molecule is COc1ccc(C2C(=O)C(C(C)C)CCC2(C)c2ccc(C)cc2)c(O)c1. The van der Waals surface area contributed by atoms with Gasteiger partial charge < -0.3 is 9.84 Å². The summed E-state index contributed by atoms with van der Waals surface area (Å²) in [6.45, 7) is 8.46. The first-order valence-corrected chi connectivity index (χ1v) is 9.75. The van der Waals surface area contributed by atoms with Crippen LogP contribution >= 0.6 is 0 Å². The van der Waals surface area contributed by atoms with Gasteiger partial charge in [-0.1, -0.05) is 56.7 Å². The maximum absolute atomic E-state index is 13.6. The summed E-state index contributed by atoms with van der Waals surface area (Å²) in [4.78, 5) is 13.6. The number of phenols is 1. The number of benzene rings is 2. The number of aryl methyl sites for hydroxylation is 1. The summed E-state index contributed by atoms with van der Waals surface area (Å²) in [5.74, 6) is 0.914. The molecule has 1 fully saturated rings. The van der Waals surface area contributed by atoms with E-state index < -0.39 is 0 Å². The average molecular weight is 367 g/mol. The molecule has 1 aliphatic rings. The van der Waals surface area contributed by atoms with Crippen molar-refractivity contribution in [3.8, 4) is 11.5 Å². The summed E-state index contributed by atoms with van der Waals surface area (Å²) in [7, 11) is 1.57. The van der Waals surface area contributed by atoms with E-state index in [4.69, 9.17) is 4.74 Å². The molecule has 1 aliphatic carbocycles. The van der Waals surface area contributed by atoms with Gasteiger partial charge in [0.15, 0.2) is 0 Å². The van der Waals surface area contributed by atoms with Gasteiger partial charge in [-0.15, -0.1) is 0 Å². The lowest BCUT2D eigenvalue weighted by atomic mass is 9.57. The molecule has 27 heavy (non-hydrogen) atoms. The van der Waals surface area contributed by atoms with E-state index in [1.54, 1.807) is 13.2 Å². The molecule has 2 aromatic rings. The Morgan fingerprint density at radius 1 is 1.15 bits per heavy atom. The Kier molecular flexibility index (Phi) is 5.32. The Balaban J connectivity index is 2.14. The third-order valence-corrected chi connectivity index (χ3v) is 6.33. The summed E-state index contributed by atoms with van der Waals surface area (Å²) in [6.07, 6.45) is 1.80. The Bertz CT molecular complexity index is 822. The fraction of sp³-hybridized carbons (Fsp3) is 0.458. The van der Waals surface area contributed by atoms with Gasteiger partial charge in [0.05, 0.1) is 13.0 Å². The minimum Gasteiger partial charge on any atom is -0.508 e. The van der Waals surface area contributed by atoms with Crippen LogP contribution in [0.2, 0.25) is 0 Å². The zero-order chi connectivity index (χ0) is 19.8. The number of hydrogen-bond acceptors (Lipinski definition) is 3.